The van der Waals surface area contributed by atoms with E-state index in [2.05, 4.69) is 5.32 Å². The Bertz CT molecular complexity index is 799. The van der Waals surface area contributed by atoms with Gasteiger partial charge in [-0.2, -0.15) is 0 Å². The first-order valence-electron chi connectivity index (χ1n) is 6.95. The van der Waals surface area contributed by atoms with Gasteiger partial charge in [0.05, 0.1) is 21.1 Å². The van der Waals surface area contributed by atoms with Crippen LogP contribution >= 0.6 is 34.8 Å². The monoisotopic (exact) mass is 387 g/mol. The van der Waals surface area contributed by atoms with Crippen molar-refractivity contribution in [3.63, 3.8) is 0 Å². The second kappa shape index (κ2) is 6.59. The summed E-state index contributed by atoms with van der Waals surface area (Å²) in [5.41, 5.74) is 0.637. The molecular formula is C16H12Cl3NO4. The third-order valence-electron chi connectivity index (χ3n) is 3.62. The smallest absolute Gasteiger partial charge is 0.257 e. The van der Waals surface area contributed by atoms with Crippen molar-refractivity contribution >= 4 is 40.7 Å². The number of nitrogens with one attached hydrogen (secondary N) is 1. The number of aromatic hydroxyl groups is 1. The predicted molar refractivity (Wildman–Crippen MR) is 91.6 cm³/mol. The van der Waals surface area contributed by atoms with Crippen LogP contribution in [0.1, 0.15) is 28.9 Å². The fraction of sp³-hybridized carbons (Fsp3) is 0.188. The molecule has 0 aromatic heterocycles. The Labute approximate surface area is 153 Å². The Kier molecular flexibility index (Phi) is 4.67. The maximum absolute atomic E-state index is 12.5. The van der Waals surface area contributed by atoms with E-state index in [9.17, 15) is 9.90 Å². The molecule has 1 amide bonds. The van der Waals surface area contributed by atoms with E-state index >= 15 is 0 Å². The first-order valence-corrected chi connectivity index (χ1v) is 8.08. The van der Waals surface area contributed by atoms with Gasteiger partial charge < -0.3 is 19.9 Å². The van der Waals surface area contributed by atoms with Crippen LogP contribution in [0.4, 0.5) is 0 Å². The number of phenolic OH excluding ortho intramolecular Hbond substituents is 1. The molecule has 1 unspecified atom stereocenters. The molecule has 1 aliphatic rings. The molecule has 2 aromatic carbocycles. The fourth-order valence-electron chi connectivity index (χ4n) is 2.33. The number of carbonyl (C=O) groups is 1. The van der Waals surface area contributed by atoms with E-state index in [0.717, 1.165) is 5.56 Å². The van der Waals surface area contributed by atoms with Crippen LogP contribution in [0, 0.1) is 0 Å². The minimum Gasteiger partial charge on any atom is -0.505 e. The third kappa shape index (κ3) is 3.07. The quantitative estimate of drug-likeness (QED) is 0.756. The van der Waals surface area contributed by atoms with Crippen LogP contribution in [0.15, 0.2) is 24.3 Å². The number of amides is 1. The lowest BCUT2D eigenvalue weighted by atomic mass is 10.1. The van der Waals surface area contributed by atoms with Crippen molar-refractivity contribution in [2.45, 2.75) is 13.0 Å². The third-order valence-corrected chi connectivity index (χ3v) is 4.69. The number of fused-ring (bicyclic) bond motifs is 1. The number of carbonyl (C=O) groups excluding carboxylic acids is 1. The summed E-state index contributed by atoms with van der Waals surface area (Å²) in [4.78, 5) is 12.5. The predicted octanol–water partition coefficient (Wildman–Crippen LogP) is 4.57. The molecule has 3 rings (SSSR count). The van der Waals surface area contributed by atoms with Gasteiger partial charge in [0.15, 0.2) is 11.5 Å². The number of hydrogen-bond donors (Lipinski definition) is 2. The zero-order chi connectivity index (χ0) is 17.4. The summed E-state index contributed by atoms with van der Waals surface area (Å²) in [5, 5.41) is 12.7. The molecule has 2 N–H and O–H groups in total. The number of ether oxygens (including phenoxy) is 2. The van der Waals surface area contributed by atoms with E-state index in [4.69, 9.17) is 44.3 Å². The fourth-order valence-corrected chi connectivity index (χ4v) is 3.02. The zero-order valence-corrected chi connectivity index (χ0v) is 14.7. The lowest BCUT2D eigenvalue weighted by Crippen LogP contribution is -2.27. The Morgan fingerprint density at radius 1 is 1.17 bits per heavy atom. The molecule has 1 aliphatic heterocycles. The molecule has 0 spiro atoms. The highest BCUT2D eigenvalue weighted by Gasteiger charge is 2.23. The summed E-state index contributed by atoms with van der Waals surface area (Å²) in [7, 11) is 0. The average Bonchev–Trinajstić information content (AvgIpc) is 3.00. The molecule has 2 aromatic rings. The number of halogens is 3. The highest BCUT2D eigenvalue weighted by Crippen LogP contribution is 2.39. The van der Waals surface area contributed by atoms with Gasteiger partial charge in [-0.25, -0.2) is 0 Å². The van der Waals surface area contributed by atoms with Crippen LogP contribution in [-0.2, 0) is 0 Å². The van der Waals surface area contributed by atoms with Gasteiger partial charge >= 0.3 is 0 Å². The lowest BCUT2D eigenvalue weighted by molar-refractivity contribution is 0.0937. The Morgan fingerprint density at radius 2 is 1.88 bits per heavy atom. The van der Waals surface area contributed by atoms with E-state index in [1.54, 1.807) is 19.1 Å². The topological polar surface area (TPSA) is 67.8 Å². The highest BCUT2D eigenvalue weighted by atomic mass is 35.5. The lowest BCUT2D eigenvalue weighted by Gasteiger charge is -2.17. The molecule has 0 fully saturated rings. The van der Waals surface area contributed by atoms with Gasteiger partial charge in [0.2, 0.25) is 6.79 Å². The molecule has 1 atom stereocenters. The molecule has 0 saturated heterocycles. The molecule has 0 bridgehead atoms. The SMILES string of the molecule is CC(NC(=O)c1c(O)c(Cl)cc(Cl)c1Cl)c1ccc2c(c1)OCO2. The van der Waals surface area contributed by atoms with Crippen molar-refractivity contribution in [2.75, 3.05) is 6.79 Å². The van der Waals surface area contributed by atoms with Gasteiger partial charge in [-0.3, -0.25) is 4.79 Å². The number of hydrogen-bond acceptors (Lipinski definition) is 4. The molecule has 0 radical (unpaired) electrons. The van der Waals surface area contributed by atoms with Crippen LogP contribution < -0.4 is 14.8 Å². The van der Waals surface area contributed by atoms with E-state index < -0.39 is 11.7 Å². The summed E-state index contributed by atoms with van der Waals surface area (Å²) in [6.07, 6.45) is 0. The van der Waals surface area contributed by atoms with Crippen molar-refractivity contribution in [1.82, 2.24) is 5.32 Å². The Morgan fingerprint density at radius 3 is 2.62 bits per heavy atom. The second-order valence-corrected chi connectivity index (χ2v) is 6.38. The van der Waals surface area contributed by atoms with Crippen molar-refractivity contribution in [3.05, 3.63) is 50.5 Å². The van der Waals surface area contributed by atoms with Gasteiger partial charge in [-0.15, -0.1) is 0 Å². The molecule has 1 heterocycles. The molecule has 24 heavy (non-hydrogen) atoms. The molecule has 0 saturated carbocycles. The zero-order valence-electron chi connectivity index (χ0n) is 12.4. The van der Waals surface area contributed by atoms with E-state index in [1.165, 1.54) is 6.07 Å². The van der Waals surface area contributed by atoms with Gasteiger partial charge in [-0.1, -0.05) is 40.9 Å². The number of benzene rings is 2. The van der Waals surface area contributed by atoms with Crippen LogP contribution in [0.2, 0.25) is 15.1 Å². The first kappa shape index (κ1) is 17.0. The van der Waals surface area contributed by atoms with Crippen LogP contribution in [0.5, 0.6) is 17.2 Å². The van der Waals surface area contributed by atoms with Crippen molar-refractivity contribution in [2.24, 2.45) is 0 Å². The normalized spacial score (nSPS) is 13.7. The van der Waals surface area contributed by atoms with Crippen molar-refractivity contribution in [3.8, 4) is 17.2 Å². The van der Waals surface area contributed by atoms with Gasteiger partial charge in [0.1, 0.15) is 11.3 Å². The standard InChI is InChI=1S/C16H12Cl3NO4/c1-7(8-2-3-11-12(4-8)24-6-23-11)20-16(22)13-14(19)9(17)5-10(18)15(13)21/h2-5,7,21H,6H2,1H3,(H,20,22). The largest absolute Gasteiger partial charge is 0.505 e. The van der Waals surface area contributed by atoms with Crippen molar-refractivity contribution < 1.29 is 19.4 Å². The molecule has 0 aliphatic carbocycles. The summed E-state index contributed by atoms with van der Waals surface area (Å²) in [6.45, 7) is 1.95. The Balaban J connectivity index is 1.85. The molecule has 126 valence electrons. The summed E-state index contributed by atoms with van der Waals surface area (Å²) >= 11 is 17.8. The van der Waals surface area contributed by atoms with E-state index in [-0.39, 0.29) is 33.5 Å². The molecule has 8 heteroatoms. The van der Waals surface area contributed by atoms with Gasteiger partial charge in [0, 0.05) is 0 Å². The van der Waals surface area contributed by atoms with Crippen LogP contribution in [-0.4, -0.2) is 17.8 Å². The number of phenols is 1. The van der Waals surface area contributed by atoms with Gasteiger partial charge in [-0.05, 0) is 30.7 Å². The molecular weight excluding hydrogens is 377 g/mol. The van der Waals surface area contributed by atoms with E-state index in [1.807, 2.05) is 6.07 Å². The van der Waals surface area contributed by atoms with Crippen LogP contribution in [0.3, 0.4) is 0 Å². The summed E-state index contributed by atoms with van der Waals surface area (Å²) in [5.74, 6) is 0.258. The first-order chi connectivity index (χ1) is 11.4. The number of rotatable bonds is 3. The maximum Gasteiger partial charge on any atom is 0.257 e. The summed E-state index contributed by atoms with van der Waals surface area (Å²) in [6, 6.07) is 6.25. The molecule has 5 nitrogen and oxygen atoms in total. The average molecular weight is 389 g/mol. The minimum absolute atomic E-state index is 0.0507. The maximum atomic E-state index is 12.5. The minimum atomic E-state index is -0.591. The van der Waals surface area contributed by atoms with Crippen molar-refractivity contribution in [1.29, 1.82) is 0 Å². The van der Waals surface area contributed by atoms with Crippen LogP contribution in [0.25, 0.3) is 0 Å². The highest BCUT2D eigenvalue weighted by molar-refractivity contribution is 6.45. The summed E-state index contributed by atoms with van der Waals surface area (Å²) < 4.78 is 10.6. The Hall–Kier alpha value is -1.82. The van der Waals surface area contributed by atoms with E-state index in [0.29, 0.717) is 11.5 Å². The van der Waals surface area contributed by atoms with Gasteiger partial charge in [0.25, 0.3) is 5.91 Å². The second-order valence-electron chi connectivity index (χ2n) is 5.19.